The number of rotatable bonds is 5. The van der Waals surface area contributed by atoms with E-state index in [-0.39, 0.29) is 23.5 Å². The lowest BCUT2D eigenvalue weighted by molar-refractivity contribution is -0.123. The van der Waals surface area contributed by atoms with Crippen LogP contribution in [0.5, 0.6) is 0 Å². The molecule has 2 rings (SSSR count). The normalized spacial score (nSPS) is 30.8. The van der Waals surface area contributed by atoms with E-state index >= 15 is 0 Å². The molecule has 3 N–H and O–H groups in total. The van der Waals surface area contributed by atoms with Crippen molar-refractivity contribution in [2.24, 2.45) is 5.41 Å². The third kappa shape index (κ3) is 5.24. The second kappa shape index (κ2) is 7.07. The first-order valence-corrected chi connectivity index (χ1v) is 8.17. The number of aliphatic hydroxyl groups is 1. The van der Waals surface area contributed by atoms with Gasteiger partial charge < -0.3 is 20.5 Å². The predicted molar refractivity (Wildman–Crippen MR) is 82.0 cm³/mol. The quantitative estimate of drug-likeness (QED) is 0.713. The molecular formula is C16H30N2O3. The lowest BCUT2D eigenvalue weighted by atomic mass is 9.92. The van der Waals surface area contributed by atoms with Crippen LogP contribution in [-0.4, -0.2) is 48.5 Å². The van der Waals surface area contributed by atoms with Crippen LogP contribution in [0.1, 0.15) is 52.9 Å². The van der Waals surface area contributed by atoms with Crippen molar-refractivity contribution in [3.8, 4) is 0 Å². The fraction of sp³-hybridized carbons (Fsp3) is 0.938. The van der Waals surface area contributed by atoms with Crippen molar-refractivity contribution >= 4 is 5.91 Å². The van der Waals surface area contributed by atoms with Crippen LogP contribution in [0, 0.1) is 5.41 Å². The third-order valence-corrected chi connectivity index (χ3v) is 4.28. The summed E-state index contributed by atoms with van der Waals surface area (Å²) < 4.78 is 5.64. The number of carbonyl (C=O) groups is 1. The molecule has 1 amide bonds. The van der Waals surface area contributed by atoms with E-state index in [0.717, 1.165) is 0 Å². The second-order valence-electron chi connectivity index (χ2n) is 7.66. The molecule has 0 aromatic rings. The molecule has 5 heteroatoms. The van der Waals surface area contributed by atoms with E-state index in [1.165, 1.54) is 25.7 Å². The number of aliphatic hydroxyl groups excluding tert-OH is 1. The monoisotopic (exact) mass is 298 g/mol. The van der Waals surface area contributed by atoms with Crippen molar-refractivity contribution in [2.75, 3.05) is 13.2 Å². The summed E-state index contributed by atoms with van der Waals surface area (Å²) in [6.07, 6.45) is 4.57. The second-order valence-corrected chi connectivity index (χ2v) is 7.66. The van der Waals surface area contributed by atoms with Crippen LogP contribution >= 0.6 is 0 Å². The van der Waals surface area contributed by atoms with Gasteiger partial charge in [0.2, 0.25) is 5.91 Å². The molecule has 0 aromatic carbocycles. The van der Waals surface area contributed by atoms with Gasteiger partial charge in [0.25, 0.3) is 0 Å². The molecule has 2 fully saturated rings. The van der Waals surface area contributed by atoms with E-state index < -0.39 is 6.10 Å². The Kier molecular flexibility index (Phi) is 5.63. The number of nitrogens with one attached hydrogen (secondary N) is 2. The molecule has 0 radical (unpaired) electrons. The molecule has 122 valence electrons. The topological polar surface area (TPSA) is 70.6 Å². The molecular weight excluding hydrogens is 268 g/mol. The van der Waals surface area contributed by atoms with Crippen molar-refractivity contribution in [1.29, 1.82) is 0 Å². The standard InChI is InChI=1S/C16H30N2O3/c1-16(2,3)8-14(19)17-9-13-15(20)12(10-21-13)18-11-6-4-5-7-11/h11-13,15,18,20H,4-10H2,1-3H3,(H,17,19). The summed E-state index contributed by atoms with van der Waals surface area (Å²) in [6.45, 7) is 7.02. The lowest BCUT2D eigenvalue weighted by Crippen LogP contribution is -2.47. The van der Waals surface area contributed by atoms with Crippen LogP contribution in [0.3, 0.4) is 0 Å². The minimum Gasteiger partial charge on any atom is -0.389 e. The summed E-state index contributed by atoms with van der Waals surface area (Å²) in [7, 11) is 0. The molecule has 1 aliphatic heterocycles. The van der Waals surface area contributed by atoms with E-state index in [4.69, 9.17) is 4.74 Å². The van der Waals surface area contributed by atoms with Crippen LogP contribution < -0.4 is 10.6 Å². The highest BCUT2D eigenvalue weighted by atomic mass is 16.5. The van der Waals surface area contributed by atoms with Gasteiger partial charge in [-0.05, 0) is 18.3 Å². The van der Waals surface area contributed by atoms with Gasteiger partial charge in [0.15, 0.2) is 0 Å². The molecule has 1 saturated carbocycles. The molecule has 2 aliphatic rings. The zero-order valence-electron chi connectivity index (χ0n) is 13.5. The van der Waals surface area contributed by atoms with Crippen molar-refractivity contribution in [2.45, 2.75) is 77.2 Å². The Morgan fingerprint density at radius 1 is 1.29 bits per heavy atom. The van der Waals surface area contributed by atoms with Crippen LogP contribution in [-0.2, 0) is 9.53 Å². The summed E-state index contributed by atoms with van der Waals surface area (Å²) in [5, 5.41) is 16.7. The van der Waals surface area contributed by atoms with Crippen LogP contribution in [0.2, 0.25) is 0 Å². The van der Waals surface area contributed by atoms with E-state index in [2.05, 4.69) is 10.6 Å². The maximum absolute atomic E-state index is 11.8. The molecule has 3 unspecified atom stereocenters. The number of hydrogen-bond acceptors (Lipinski definition) is 4. The summed E-state index contributed by atoms with van der Waals surface area (Å²) in [4.78, 5) is 11.8. The lowest BCUT2D eigenvalue weighted by Gasteiger charge is -2.22. The van der Waals surface area contributed by atoms with Gasteiger partial charge in [-0.15, -0.1) is 0 Å². The molecule has 0 spiro atoms. The molecule has 5 nitrogen and oxygen atoms in total. The summed E-state index contributed by atoms with van der Waals surface area (Å²) in [5.41, 5.74) is -0.0220. The number of amides is 1. The van der Waals surface area contributed by atoms with Gasteiger partial charge in [-0.3, -0.25) is 4.79 Å². The van der Waals surface area contributed by atoms with Crippen LogP contribution in [0.25, 0.3) is 0 Å². The van der Waals surface area contributed by atoms with Crippen molar-refractivity contribution in [1.82, 2.24) is 10.6 Å². The van der Waals surface area contributed by atoms with Crippen molar-refractivity contribution in [3.63, 3.8) is 0 Å². The molecule has 3 atom stereocenters. The first-order chi connectivity index (χ1) is 9.85. The Bertz CT molecular complexity index is 348. The third-order valence-electron chi connectivity index (χ3n) is 4.28. The Hall–Kier alpha value is -0.650. The largest absolute Gasteiger partial charge is 0.389 e. The highest BCUT2D eigenvalue weighted by Crippen LogP contribution is 2.22. The Balaban J connectivity index is 1.71. The maximum Gasteiger partial charge on any atom is 0.220 e. The Morgan fingerprint density at radius 2 is 1.95 bits per heavy atom. The summed E-state index contributed by atoms with van der Waals surface area (Å²) in [5.74, 6) is 0.0190. The molecule has 1 saturated heterocycles. The zero-order chi connectivity index (χ0) is 15.5. The van der Waals surface area contributed by atoms with Gasteiger partial charge in [-0.25, -0.2) is 0 Å². The van der Waals surface area contributed by atoms with Crippen LogP contribution in [0.4, 0.5) is 0 Å². The fourth-order valence-corrected chi connectivity index (χ4v) is 3.16. The first kappa shape index (κ1) is 16.7. The highest BCUT2D eigenvalue weighted by molar-refractivity contribution is 5.76. The van der Waals surface area contributed by atoms with Gasteiger partial charge in [-0.2, -0.15) is 0 Å². The molecule has 1 aliphatic carbocycles. The van der Waals surface area contributed by atoms with Crippen LogP contribution in [0.15, 0.2) is 0 Å². The maximum atomic E-state index is 11.8. The zero-order valence-corrected chi connectivity index (χ0v) is 13.5. The van der Waals surface area contributed by atoms with E-state index in [0.29, 0.717) is 25.6 Å². The molecule has 21 heavy (non-hydrogen) atoms. The smallest absolute Gasteiger partial charge is 0.220 e. The molecule has 1 heterocycles. The van der Waals surface area contributed by atoms with E-state index in [9.17, 15) is 9.90 Å². The van der Waals surface area contributed by atoms with E-state index in [1.54, 1.807) is 0 Å². The highest BCUT2D eigenvalue weighted by Gasteiger charge is 2.37. The van der Waals surface area contributed by atoms with Crippen molar-refractivity contribution < 1.29 is 14.6 Å². The molecule has 0 bridgehead atoms. The summed E-state index contributed by atoms with van der Waals surface area (Å²) in [6, 6.07) is 0.514. The van der Waals surface area contributed by atoms with Gasteiger partial charge in [0.05, 0.1) is 18.8 Å². The first-order valence-electron chi connectivity index (χ1n) is 8.17. The number of carbonyl (C=O) groups excluding carboxylic acids is 1. The van der Waals surface area contributed by atoms with Gasteiger partial charge in [-0.1, -0.05) is 33.6 Å². The fourth-order valence-electron chi connectivity index (χ4n) is 3.16. The SMILES string of the molecule is CC(C)(C)CC(=O)NCC1OCC(NC2CCCC2)C1O. The molecule has 0 aromatic heterocycles. The van der Waals surface area contributed by atoms with Gasteiger partial charge >= 0.3 is 0 Å². The minimum absolute atomic E-state index is 0.00221. The number of ether oxygens (including phenoxy) is 1. The van der Waals surface area contributed by atoms with Gasteiger partial charge in [0, 0.05) is 19.0 Å². The minimum atomic E-state index is -0.541. The Morgan fingerprint density at radius 3 is 2.57 bits per heavy atom. The summed E-state index contributed by atoms with van der Waals surface area (Å²) >= 11 is 0. The van der Waals surface area contributed by atoms with Gasteiger partial charge in [0.1, 0.15) is 6.10 Å². The average Bonchev–Trinajstić information content (AvgIpc) is 2.98. The predicted octanol–water partition coefficient (Wildman–Crippen LogP) is 1.20. The van der Waals surface area contributed by atoms with Crippen molar-refractivity contribution in [3.05, 3.63) is 0 Å². The van der Waals surface area contributed by atoms with E-state index in [1.807, 2.05) is 20.8 Å². The average molecular weight is 298 g/mol. The Labute approximate surface area is 127 Å². The number of hydrogen-bond donors (Lipinski definition) is 3.